The summed E-state index contributed by atoms with van der Waals surface area (Å²) in [5, 5.41) is 19.7. The van der Waals surface area contributed by atoms with Crippen LogP contribution in [-0.2, 0) is 6.42 Å². The molecular formula is C19H25BO2. The van der Waals surface area contributed by atoms with Gasteiger partial charge in [0.2, 0.25) is 0 Å². The van der Waals surface area contributed by atoms with Gasteiger partial charge < -0.3 is 10.0 Å². The molecule has 0 atom stereocenters. The van der Waals surface area contributed by atoms with E-state index in [0.29, 0.717) is 5.46 Å². The minimum atomic E-state index is -1.43. The third-order valence-electron chi connectivity index (χ3n) is 4.09. The van der Waals surface area contributed by atoms with Gasteiger partial charge in [-0.1, -0.05) is 81.1 Å². The Balaban J connectivity index is 2.20. The van der Waals surface area contributed by atoms with Crippen LogP contribution in [0.1, 0.15) is 44.6 Å². The van der Waals surface area contributed by atoms with Crippen LogP contribution in [0, 0.1) is 0 Å². The summed E-state index contributed by atoms with van der Waals surface area (Å²) >= 11 is 0. The second-order valence-electron chi connectivity index (χ2n) is 5.78. The largest absolute Gasteiger partial charge is 0.489 e. The fourth-order valence-corrected chi connectivity index (χ4v) is 2.92. The average Bonchev–Trinajstić information content (AvgIpc) is 2.55. The number of rotatable bonds is 8. The molecule has 22 heavy (non-hydrogen) atoms. The molecule has 0 saturated heterocycles. The summed E-state index contributed by atoms with van der Waals surface area (Å²) in [7, 11) is -1.43. The first kappa shape index (κ1) is 16.8. The zero-order valence-electron chi connectivity index (χ0n) is 13.3. The molecule has 2 N–H and O–H groups in total. The van der Waals surface area contributed by atoms with Gasteiger partial charge in [0.25, 0.3) is 0 Å². The van der Waals surface area contributed by atoms with Crippen LogP contribution in [0.2, 0.25) is 0 Å². The number of benzene rings is 2. The van der Waals surface area contributed by atoms with Crippen LogP contribution in [0.3, 0.4) is 0 Å². The van der Waals surface area contributed by atoms with E-state index in [-0.39, 0.29) is 0 Å². The van der Waals surface area contributed by atoms with Gasteiger partial charge >= 0.3 is 7.12 Å². The van der Waals surface area contributed by atoms with Crippen molar-refractivity contribution in [3.8, 4) is 11.1 Å². The number of hydrogen-bond donors (Lipinski definition) is 2. The normalized spacial score (nSPS) is 10.7. The Labute approximate surface area is 134 Å². The monoisotopic (exact) mass is 296 g/mol. The van der Waals surface area contributed by atoms with E-state index in [1.54, 1.807) is 0 Å². The van der Waals surface area contributed by atoms with Gasteiger partial charge in [0.05, 0.1) is 0 Å². The summed E-state index contributed by atoms with van der Waals surface area (Å²) in [6.07, 6.45) is 6.97. The second kappa shape index (κ2) is 8.77. The van der Waals surface area contributed by atoms with Crippen LogP contribution < -0.4 is 5.46 Å². The van der Waals surface area contributed by atoms with Gasteiger partial charge in [0.1, 0.15) is 0 Å². The predicted octanol–water partition coefficient (Wildman–Crippen LogP) is 3.55. The van der Waals surface area contributed by atoms with Crippen molar-refractivity contribution < 1.29 is 10.0 Å². The van der Waals surface area contributed by atoms with Gasteiger partial charge in [-0.05, 0) is 35.0 Å². The summed E-state index contributed by atoms with van der Waals surface area (Å²) in [6.45, 7) is 2.21. The molecule has 0 spiro atoms. The average molecular weight is 296 g/mol. The third-order valence-corrected chi connectivity index (χ3v) is 4.09. The summed E-state index contributed by atoms with van der Waals surface area (Å²) in [5.74, 6) is 0. The first-order chi connectivity index (χ1) is 10.7. The highest BCUT2D eigenvalue weighted by Gasteiger charge is 2.20. The van der Waals surface area contributed by atoms with E-state index in [0.717, 1.165) is 29.5 Å². The van der Waals surface area contributed by atoms with Crippen molar-refractivity contribution in [2.24, 2.45) is 0 Å². The smallest absolute Gasteiger partial charge is 0.423 e. The topological polar surface area (TPSA) is 40.5 Å². The zero-order valence-corrected chi connectivity index (χ0v) is 13.3. The minimum absolute atomic E-state index is 0.657. The number of hydrogen-bond acceptors (Lipinski definition) is 2. The third kappa shape index (κ3) is 4.46. The van der Waals surface area contributed by atoms with E-state index in [4.69, 9.17) is 0 Å². The standard InChI is InChI=1S/C19H25BO2/c1-2-3-4-5-7-13-17-14-10-15-18(19(17)20(21)22)16-11-8-6-9-12-16/h6,8-12,14-15,21-22H,2-5,7,13H2,1H3. The fourth-order valence-electron chi connectivity index (χ4n) is 2.92. The van der Waals surface area contributed by atoms with E-state index in [1.165, 1.54) is 25.7 Å². The Morgan fingerprint density at radius 3 is 2.23 bits per heavy atom. The summed E-state index contributed by atoms with van der Waals surface area (Å²) in [6, 6.07) is 15.9. The van der Waals surface area contributed by atoms with Gasteiger partial charge in [-0.25, -0.2) is 0 Å². The summed E-state index contributed by atoms with van der Waals surface area (Å²) in [5.41, 5.74) is 3.65. The molecule has 2 aromatic carbocycles. The van der Waals surface area contributed by atoms with Gasteiger partial charge in [0.15, 0.2) is 0 Å². The molecule has 0 fully saturated rings. The lowest BCUT2D eigenvalue weighted by molar-refractivity contribution is 0.425. The minimum Gasteiger partial charge on any atom is -0.423 e. The van der Waals surface area contributed by atoms with E-state index < -0.39 is 7.12 Å². The summed E-state index contributed by atoms with van der Waals surface area (Å²) in [4.78, 5) is 0. The molecule has 0 radical (unpaired) electrons. The lowest BCUT2D eigenvalue weighted by Gasteiger charge is -2.14. The molecule has 0 aliphatic heterocycles. The molecule has 116 valence electrons. The Bertz CT molecular complexity index is 567. The molecule has 2 nitrogen and oxygen atoms in total. The maximum Gasteiger partial charge on any atom is 0.489 e. The van der Waals surface area contributed by atoms with E-state index in [9.17, 15) is 10.0 Å². The SMILES string of the molecule is CCCCCCCc1cccc(-c2ccccc2)c1B(O)O. The van der Waals surface area contributed by atoms with Gasteiger partial charge in [-0.15, -0.1) is 0 Å². The van der Waals surface area contributed by atoms with Crippen LogP contribution >= 0.6 is 0 Å². The van der Waals surface area contributed by atoms with Crippen LogP contribution in [0.15, 0.2) is 48.5 Å². The van der Waals surface area contributed by atoms with Crippen molar-refractivity contribution >= 4 is 12.6 Å². The molecule has 0 saturated carbocycles. The number of aryl methyl sites for hydroxylation is 1. The van der Waals surface area contributed by atoms with E-state index >= 15 is 0 Å². The molecule has 0 heterocycles. The first-order valence-corrected chi connectivity index (χ1v) is 8.27. The lowest BCUT2D eigenvalue weighted by Crippen LogP contribution is -2.34. The zero-order chi connectivity index (χ0) is 15.8. The highest BCUT2D eigenvalue weighted by molar-refractivity contribution is 6.61. The van der Waals surface area contributed by atoms with Crippen molar-refractivity contribution in [1.29, 1.82) is 0 Å². The van der Waals surface area contributed by atoms with Crippen molar-refractivity contribution in [1.82, 2.24) is 0 Å². The molecule has 0 bridgehead atoms. The molecule has 0 aliphatic rings. The van der Waals surface area contributed by atoms with E-state index in [1.807, 2.05) is 48.5 Å². The molecule has 2 rings (SSSR count). The van der Waals surface area contributed by atoms with Crippen molar-refractivity contribution in [2.45, 2.75) is 45.4 Å². The highest BCUT2D eigenvalue weighted by Crippen LogP contribution is 2.20. The maximum atomic E-state index is 9.84. The van der Waals surface area contributed by atoms with Gasteiger partial charge in [-0.3, -0.25) is 0 Å². The van der Waals surface area contributed by atoms with E-state index in [2.05, 4.69) is 6.92 Å². The lowest BCUT2D eigenvalue weighted by atomic mass is 9.71. The predicted molar refractivity (Wildman–Crippen MR) is 94.2 cm³/mol. The maximum absolute atomic E-state index is 9.84. The Morgan fingerprint density at radius 2 is 1.55 bits per heavy atom. The molecule has 0 aliphatic carbocycles. The molecule has 2 aromatic rings. The highest BCUT2D eigenvalue weighted by atomic mass is 16.4. The van der Waals surface area contributed by atoms with Crippen LogP contribution in [-0.4, -0.2) is 17.2 Å². The van der Waals surface area contributed by atoms with Crippen molar-refractivity contribution in [3.63, 3.8) is 0 Å². The number of unbranched alkanes of at least 4 members (excludes halogenated alkanes) is 4. The molecular weight excluding hydrogens is 271 g/mol. The van der Waals surface area contributed by atoms with Gasteiger partial charge in [0, 0.05) is 0 Å². The van der Waals surface area contributed by atoms with Crippen LogP contribution in [0.4, 0.5) is 0 Å². The summed E-state index contributed by atoms with van der Waals surface area (Å²) < 4.78 is 0. The molecule has 3 heteroatoms. The van der Waals surface area contributed by atoms with Crippen LogP contribution in [0.25, 0.3) is 11.1 Å². The van der Waals surface area contributed by atoms with Crippen molar-refractivity contribution in [3.05, 3.63) is 54.1 Å². The van der Waals surface area contributed by atoms with Crippen LogP contribution in [0.5, 0.6) is 0 Å². The quantitative estimate of drug-likeness (QED) is 0.578. The fraction of sp³-hybridized carbons (Fsp3) is 0.368. The Kier molecular flexibility index (Phi) is 6.69. The van der Waals surface area contributed by atoms with Crippen molar-refractivity contribution in [2.75, 3.05) is 0 Å². The van der Waals surface area contributed by atoms with Gasteiger partial charge in [-0.2, -0.15) is 0 Å². The molecule has 0 aromatic heterocycles. The first-order valence-electron chi connectivity index (χ1n) is 8.27. The molecule has 0 amide bonds. The second-order valence-corrected chi connectivity index (χ2v) is 5.78. The Hall–Kier alpha value is -1.58. The Morgan fingerprint density at radius 1 is 0.818 bits per heavy atom. The molecule has 0 unspecified atom stereocenters.